The van der Waals surface area contributed by atoms with Gasteiger partial charge >= 0.3 is 6.09 Å². The first-order valence-electron chi connectivity index (χ1n) is 14.0. The van der Waals surface area contributed by atoms with Gasteiger partial charge in [-0.2, -0.15) is 0 Å². The Morgan fingerprint density at radius 2 is 1.60 bits per heavy atom. The van der Waals surface area contributed by atoms with Crippen molar-refractivity contribution < 1.29 is 29.0 Å². The van der Waals surface area contributed by atoms with Gasteiger partial charge in [-0.3, -0.25) is 9.59 Å². The maximum absolute atomic E-state index is 14.5. The van der Waals surface area contributed by atoms with Crippen molar-refractivity contribution in [2.75, 3.05) is 12.4 Å². The number of carbonyl (C=O) groups excluding carboxylic acids is 3. The Morgan fingerprint density at radius 1 is 0.976 bits per heavy atom. The second-order valence-electron chi connectivity index (χ2n) is 11.6. The van der Waals surface area contributed by atoms with Crippen molar-refractivity contribution in [1.82, 2.24) is 10.2 Å². The molecule has 0 heterocycles. The van der Waals surface area contributed by atoms with Gasteiger partial charge < -0.3 is 30.1 Å². The zero-order valence-corrected chi connectivity index (χ0v) is 24.7. The highest BCUT2D eigenvalue weighted by atomic mass is 16.6. The Balaban J connectivity index is 1.72. The van der Waals surface area contributed by atoms with Crippen LogP contribution in [0.2, 0.25) is 0 Å². The number of benzene rings is 3. The van der Waals surface area contributed by atoms with E-state index in [-0.39, 0.29) is 24.1 Å². The third-order valence-electron chi connectivity index (χ3n) is 7.04. The Kier molecular flexibility index (Phi) is 9.40. The van der Waals surface area contributed by atoms with Gasteiger partial charge in [-0.05, 0) is 80.6 Å². The van der Waals surface area contributed by atoms with E-state index in [0.717, 1.165) is 5.56 Å². The summed E-state index contributed by atoms with van der Waals surface area (Å²) in [6.45, 7) is 7.28. The highest BCUT2D eigenvalue weighted by molar-refractivity contribution is 5.99. The standard InChI is InChI=1S/C33H39N3O6/c1-21-19-28(21)36(31(39)27(20-22-9-7-6-8-10-22)35-32(40)42-33(2,3)4)29(23-11-15-25(37)16-12-23)30(38)34-24-13-17-26(41-5)18-14-24/h6-18,21,27-29,37H,19-20H2,1-5H3,(H,34,38)(H,35,40). The number of methoxy groups -OCH3 is 1. The van der Waals surface area contributed by atoms with E-state index in [1.807, 2.05) is 37.3 Å². The second kappa shape index (κ2) is 13.0. The third-order valence-corrected chi connectivity index (χ3v) is 7.04. The lowest BCUT2D eigenvalue weighted by atomic mass is 9.99. The van der Waals surface area contributed by atoms with Crippen LogP contribution in [0.15, 0.2) is 78.9 Å². The number of aromatic hydroxyl groups is 1. The van der Waals surface area contributed by atoms with Crippen molar-refractivity contribution in [2.45, 2.75) is 64.3 Å². The molecular formula is C33H39N3O6. The molecule has 3 aromatic carbocycles. The highest BCUT2D eigenvalue weighted by Gasteiger charge is 2.48. The number of nitrogens with one attached hydrogen (secondary N) is 2. The zero-order chi connectivity index (χ0) is 30.4. The van der Waals surface area contributed by atoms with E-state index in [9.17, 15) is 19.5 Å². The van der Waals surface area contributed by atoms with Crippen LogP contribution in [-0.2, 0) is 20.7 Å². The summed E-state index contributed by atoms with van der Waals surface area (Å²) in [4.78, 5) is 43.0. The summed E-state index contributed by atoms with van der Waals surface area (Å²) in [6.07, 6.45) is 0.198. The van der Waals surface area contributed by atoms with Crippen molar-refractivity contribution in [1.29, 1.82) is 0 Å². The van der Waals surface area contributed by atoms with Crippen LogP contribution in [0.5, 0.6) is 11.5 Å². The second-order valence-corrected chi connectivity index (χ2v) is 11.6. The van der Waals surface area contributed by atoms with Gasteiger partial charge in [0.05, 0.1) is 7.11 Å². The number of carbonyl (C=O) groups is 3. The maximum Gasteiger partial charge on any atom is 0.408 e. The maximum atomic E-state index is 14.5. The minimum absolute atomic E-state index is 0.0410. The average molecular weight is 574 g/mol. The topological polar surface area (TPSA) is 117 Å². The molecule has 3 amide bonds. The van der Waals surface area contributed by atoms with E-state index in [0.29, 0.717) is 23.4 Å². The molecule has 4 atom stereocenters. The van der Waals surface area contributed by atoms with Crippen LogP contribution in [0, 0.1) is 5.92 Å². The number of ether oxygens (including phenoxy) is 2. The van der Waals surface area contributed by atoms with E-state index in [1.54, 1.807) is 69.2 Å². The number of alkyl carbamates (subject to hydrolysis) is 1. The minimum atomic E-state index is -1.03. The molecule has 0 radical (unpaired) electrons. The van der Waals surface area contributed by atoms with E-state index >= 15 is 0 Å². The third kappa shape index (κ3) is 8.02. The predicted octanol–water partition coefficient (Wildman–Crippen LogP) is 5.45. The lowest BCUT2D eigenvalue weighted by Gasteiger charge is -2.35. The van der Waals surface area contributed by atoms with Crippen molar-refractivity contribution in [3.63, 3.8) is 0 Å². The molecule has 1 fully saturated rings. The van der Waals surface area contributed by atoms with Crippen LogP contribution in [0.1, 0.15) is 51.3 Å². The molecule has 222 valence electrons. The Labute approximate surface area is 246 Å². The SMILES string of the molecule is COc1ccc(NC(=O)C(c2ccc(O)cc2)N(C(=O)C(Cc2ccccc2)NC(=O)OC(C)(C)C)C2CC2C)cc1. The Morgan fingerprint density at radius 3 is 2.14 bits per heavy atom. The molecule has 1 aliphatic rings. The van der Waals surface area contributed by atoms with Crippen LogP contribution in [0.4, 0.5) is 10.5 Å². The van der Waals surface area contributed by atoms with Crippen LogP contribution < -0.4 is 15.4 Å². The molecule has 4 unspecified atom stereocenters. The van der Waals surface area contributed by atoms with E-state index in [4.69, 9.17) is 9.47 Å². The molecule has 0 aromatic heterocycles. The first-order chi connectivity index (χ1) is 19.9. The molecule has 9 nitrogen and oxygen atoms in total. The van der Waals surface area contributed by atoms with Crippen LogP contribution >= 0.6 is 0 Å². The van der Waals surface area contributed by atoms with Gasteiger partial charge in [0.15, 0.2) is 0 Å². The minimum Gasteiger partial charge on any atom is -0.508 e. The summed E-state index contributed by atoms with van der Waals surface area (Å²) in [5.74, 6) is 0.0141. The number of hydrogen-bond acceptors (Lipinski definition) is 6. The molecule has 42 heavy (non-hydrogen) atoms. The predicted molar refractivity (Wildman–Crippen MR) is 160 cm³/mol. The fourth-order valence-corrected chi connectivity index (χ4v) is 4.83. The van der Waals surface area contributed by atoms with E-state index in [1.165, 1.54) is 12.1 Å². The molecule has 3 aromatic rings. The van der Waals surface area contributed by atoms with Gasteiger partial charge in [-0.15, -0.1) is 0 Å². The number of hydrogen-bond donors (Lipinski definition) is 3. The van der Waals surface area contributed by atoms with Crippen molar-refractivity contribution in [3.8, 4) is 11.5 Å². The van der Waals surface area contributed by atoms with Gasteiger partial charge in [0.25, 0.3) is 5.91 Å². The van der Waals surface area contributed by atoms with Crippen molar-refractivity contribution in [2.24, 2.45) is 5.92 Å². The molecule has 3 N–H and O–H groups in total. The molecule has 0 aliphatic heterocycles. The molecule has 1 aliphatic carbocycles. The van der Waals surface area contributed by atoms with Crippen LogP contribution in [-0.4, -0.2) is 52.7 Å². The first kappa shape index (κ1) is 30.4. The highest BCUT2D eigenvalue weighted by Crippen LogP contribution is 2.41. The molecule has 0 saturated heterocycles. The van der Waals surface area contributed by atoms with E-state index in [2.05, 4.69) is 10.6 Å². The van der Waals surface area contributed by atoms with E-state index < -0.39 is 35.6 Å². The summed E-state index contributed by atoms with van der Waals surface area (Å²) >= 11 is 0. The van der Waals surface area contributed by atoms with Gasteiger partial charge in [0, 0.05) is 18.2 Å². The molecular weight excluding hydrogens is 534 g/mol. The van der Waals surface area contributed by atoms with Gasteiger partial charge in [-0.1, -0.05) is 49.4 Å². The summed E-state index contributed by atoms with van der Waals surface area (Å²) in [6, 6.07) is 20.3. The number of nitrogens with zero attached hydrogens (tertiary/aromatic N) is 1. The van der Waals surface area contributed by atoms with Gasteiger partial charge in [0.1, 0.15) is 29.2 Å². The molecule has 1 saturated carbocycles. The summed E-state index contributed by atoms with van der Waals surface area (Å²) in [7, 11) is 1.56. The molecule has 0 spiro atoms. The molecule has 0 bridgehead atoms. The summed E-state index contributed by atoms with van der Waals surface area (Å²) in [5.41, 5.74) is 1.15. The van der Waals surface area contributed by atoms with Crippen molar-refractivity contribution in [3.05, 3.63) is 90.0 Å². The fourth-order valence-electron chi connectivity index (χ4n) is 4.83. The number of phenolic OH excluding ortho intramolecular Hbond substituents is 1. The molecule has 4 rings (SSSR count). The zero-order valence-electron chi connectivity index (χ0n) is 24.7. The number of phenols is 1. The van der Waals surface area contributed by atoms with Crippen LogP contribution in [0.3, 0.4) is 0 Å². The number of rotatable bonds is 10. The average Bonchev–Trinajstić information content (AvgIpc) is 3.67. The molecule has 9 heteroatoms. The number of amides is 3. The van der Waals surface area contributed by atoms with Crippen LogP contribution in [0.25, 0.3) is 0 Å². The van der Waals surface area contributed by atoms with Gasteiger partial charge in [-0.25, -0.2) is 4.79 Å². The normalized spacial score (nSPS) is 17.4. The number of anilines is 1. The first-order valence-corrected chi connectivity index (χ1v) is 14.0. The summed E-state index contributed by atoms with van der Waals surface area (Å²) in [5, 5.41) is 15.7. The fraction of sp³-hybridized carbons (Fsp3) is 0.364. The lowest BCUT2D eigenvalue weighted by Crippen LogP contribution is -2.54. The van der Waals surface area contributed by atoms with Crippen molar-refractivity contribution >= 4 is 23.6 Å². The quantitative estimate of drug-likeness (QED) is 0.297. The Bertz CT molecular complexity index is 1370. The largest absolute Gasteiger partial charge is 0.508 e. The summed E-state index contributed by atoms with van der Waals surface area (Å²) < 4.78 is 10.7. The lowest BCUT2D eigenvalue weighted by molar-refractivity contribution is -0.141. The monoisotopic (exact) mass is 573 g/mol. The smallest absolute Gasteiger partial charge is 0.408 e. The van der Waals surface area contributed by atoms with Gasteiger partial charge in [0.2, 0.25) is 5.91 Å². The Hall–Kier alpha value is -4.53.